The summed E-state index contributed by atoms with van der Waals surface area (Å²) in [7, 11) is 0. The second kappa shape index (κ2) is 6.35. The fourth-order valence-electron chi connectivity index (χ4n) is 1.19. The molecule has 0 radical (unpaired) electrons. The van der Waals surface area contributed by atoms with Crippen LogP contribution in [0.4, 0.5) is 0 Å². The van der Waals surface area contributed by atoms with Crippen molar-refractivity contribution < 1.29 is 5.21 Å². The van der Waals surface area contributed by atoms with E-state index in [0.717, 1.165) is 12.8 Å². The van der Waals surface area contributed by atoms with Gasteiger partial charge in [0.25, 0.3) is 0 Å². The number of hydroxylamine groups is 1. The number of benzene rings is 1. The van der Waals surface area contributed by atoms with Crippen molar-refractivity contribution in [3.63, 3.8) is 0 Å². The third-order valence-corrected chi connectivity index (χ3v) is 2.10. The zero-order chi connectivity index (χ0) is 10.2. The average Bonchev–Trinajstić information content (AvgIpc) is 2.25. The number of hydrogen-bond acceptors (Lipinski definition) is 2. The maximum absolute atomic E-state index is 8.58. The fraction of sp³-hybridized carbons (Fsp3) is 0.333. The lowest BCUT2D eigenvalue weighted by molar-refractivity contribution is 0.129. The lowest BCUT2D eigenvalue weighted by Crippen LogP contribution is -2.21. The Balaban J connectivity index is 2.28. The van der Waals surface area contributed by atoms with Gasteiger partial charge in [0.05, 0.1) is 0 Å². The molecule has 0 aromatic heterocycles. The summed E-state index contributed by atoms with van der Waals surface area (Å²) < 4.78 is 0. The number of hydrogen-bond donors (Lipinski definition) is 2. The average molecular weight is 191 g/mol. The molecule has 76 valence electrons. The first-order valence-corrected chi connectivity index (χ1v) is 4.94. The SMILES string of the molecule is CC(CC/C=C/c1ccccc1)NO. The van der Waals surface area contributed by atoms with Crippen LogP contribution in [0.25, 0.3) is 6.08 Å². The molecular weight excluding hydrogens is 174 g/mol. The van der Waals surface area contributed by atoms with Gasteiger partial charge in [-0.25, -0.2) is 5.48 Å². The monoisotopic (exact) mass is 191 g/mol. The molecule has 0 saturated carbocycles. The van der Waals surface area contributed by atoms with Crippen LogP contribution in [0.2, 0.25) is 0 Å². The Labute approximate surface area is 85.2 Å². The van der Waals surface area contributed by atoms with Gasteiger partial charge in [0.15, 0.2) is 0 Å². The zero-order valence-corrected chi connectivity index (χ0v) is 8.48. The highest BCUT2D eigenvalue weighted by Crippen LogP contribution is 2.04. The first-order chi connectivity index (χ1) is 6.83. The highest BCUT2D eigenvalue weighted by Gasteiger charge is 1.95. The standard InChI is InChI=1S/C12H17NO/c1-11(13-14)7-5-6-10-12-8-3-2-4-9-12/h2-4,6,8-11,13-14H,5,7H2,1H3/b10-6+. The second-order valence-electron chi connectivity index (χ2n) is 3.42. The van der Waals surface area contributed by atoms with Crippen LogP contribution < -0.4 is 5.48 Å². The van der Waals surface area contributed by atoms with Gasteiger partial charge in [-0.1, -0.05) is 42.5 Å². The van der Waals surface area contributed by atoms with E-state index in [1.807, 2.05) is 25.1 Å². The molecule has 1 aromatic rings. The van der Waals surface area contributed by atoms with Crippen LogP contribution in [-0.2, 0) is 0 Å². The van der Waals surface area contributed by atoms with Gasteiger partial charge in [-0.05, 0) is 25.3 Å². The molecule has 14 heavy (non-hydrogen) atoms. The topological polar surface area (TPSA) is 32.3 Å². The summed E-state index contributed by atoms with van der Waals surface area (Å²) in [5, 5.41) is 8.58. The molecule has 0 saturated heterocycles. The minimum absolute atomic E-state index is 0.162. The Bertz CT molecular complexity index is 269. The minimum atomic E-state index is 0.162. The summed E-state index contributed by atoms with van der Waals surface area (Å²) in [5.41, 5.74) is 3.45. The highest BCUT2D eigenvalue weighted by atomic mass is 16.5. The molecule has 0 aliphatic carbocycles. The van der Waals surface area contributed by atoms with E-state index >= 15 is 0 Å². The van der Waals surface area contributed by atoms with E-state index in [4.69, 9.17) is 5.21 Å². The Morgan fingerprint density at radius 2 is 2.07 bits per heavy atom. The van der Waals surface area contributed by atoms with E-state index in [2.05, 4.69) is 29.8 Å². The number of rotatable bonds is 5. The van der Waals surface area contributed by atoms with Crippen molar-refractivity contribution in [1.82, 2.24) is 5.48 Å². The van der Waals surface area contributed by atoms with E-state index in [-0.39, 0.29) is 6.04 Å². The predicted octanol–water partition coefficient (Wildman–Crippen LogP) is 2.85. The van der Waals surface area contributed by atoms with E-state index in [9.17, 15) is 0 Å². The molecule has 1 aromatic carbocycles. The van der Waals surface area contributed by atoms with E-state index < -0.39 is 0 Å². The largest absolute Gasteiger partial charge is 0.317 e. The van der Waals surface area contributed by atoms with Gasteiger partial charge in [-0.2, -0.15) is 0 Å². The van der Waals surface area contributed by atoms with Crippen LogP contribution >= 0.6 is 0 Å². The van der Waals surface area contributed by atoms with Crippen molar-refractivity contribution in [3.05, 3.63) is 42.0 Å². The van der Waals surface area contributed by atoms with Crippen molar-refractivity contribution in [2.45, 2.75) is 25.8 Å². The van der Waals surface area contributed by atoms with E-state index in [0.29, 0.717) is 0 Å². The molecule has 0 amide bonds. The number of allylic oxidation sites excluding steroid dienone is 1. The van der Waals surface area contributed by atoms with Gasteiger partial charge >= 0.3 is 0 Å². The molecule has 1 unspecified atom stereocenters. The van der Waals surface area contributed by atoms with Crippen molar-refractivity contribution >= 4 is 6.08 Å². The van der Waals surface area contributed by atoms with Gasteiger partial charge in [0.2, 0.25) is 0 Å². The van der Waals surface area contributed by atoms with Gasteiger partial charge in [-0.15, -0.1) is 0 Å². The lowest BCUT2D eigenvalue weighted by Gasteiger charge is -2.05. The third kappa shape index (κ3) is 4.21. The predicted molar refractivity (Wildman–Crippen MR) is 59.1 cm³/mol. The Morgan fingerprint density at radius 3 is 2.71 bits per heavy atom. The quantitative estimate of drug-likeness (QED) is 0.701. The van der Waals surface area contributed by atoms with Crippen LogP contribution in [0.1, 0.15) is 25.3 Å². The summed E-state index contributed by atoms with van der Waals surface area (Å²) >= 11 is 0. The Kier molecular flexibility index (Phi) is 4.97. The van der Waals surface area contributed by atoms with E-state index in [1.165, 1.54) is 5.56 Å². The van der Waals surface area contributed by atoms with Crippen LogP contribution in [0.3, 0.4) is 0 Å². The molecular formula is C12H17NO. The zero-order valence-electron chi connectivity index (χ0n) is 8.48. The maximum Gasteiger partial charge on any atom is 0.0294 e. The smallest absolute Gasteiger partial charge is 0.0294 e. The minimum Gasteiger partial charge on any atom is -0.317 e. The maximum atomic E-state index is 8.58. The van der Waals surface area contributed by atoms with Gasteiger partial charge in [-0.3, -0.25) is 0 Å². The fourth-order valence-corrected chi connectivity index (χ4v) is 1.19. The Morgan fingerprint density at radius 1 is 1.36 bits per heavy atom. The summed E-state index contributed by atoms with van der Waals surface area (Å²) in [4.78, 5) is 0. The van der Waals surface area contributed by atoms with Crippen molar-refractivity contribution in [3.8, 4) is 0 Å². The van der Waals surface area contributed by atoms with Crippen LogP contribution in [0.5, 0.6) is 0 Å². The molecule has 0 heterocycles. The van der Waals surface area contributed by atoms with Gasteiger partial charge < -0.3 is 5.21 Å². The molecule has 1 rings (SSSR count). The van der Waals surface area contributed by atoms with Crippen LogP contribution in [0, 0.1) is 0 Å². The normalized spacial score (nSPS) is 13.3. The van der Waals surface area contributed by atoms with Crippen LogP contribution in [0.15, 0.2) is 36.4 Å². The third-order valence-electron chi connectivity index (χ3n) is 2.10. The molecule has 0 bridgehead atoms. The molecule has 2 N–H and O–H groups in total. The molecule has 1 atom stereocenters. The van der Waals surface area contributed by atoms with Crippen LogP contribution in [-0.4, -0.2) is 11.2 Å². The molecule has 0 spiro atoms. The summed E-state index contributed by atoms with van der Waals surface area (Å²) in [6.07, 6.45) is 6.15. The summed E-state index contributed by atoms with van der Waals surface area (Å²) in [6, 6.07) is 10.4. The molecule has 0 aliphatic heterocycles. The summed E-state index contributed by atoms with van der Waals surface area (Å²) in [6.45, 7) is 1.95. The molecule has 2 heteroatoms. The first-order valence-electron chi connectivity index (χ1n) is 4.94. The van der Waals surface area contributed by atoms with Crippen molar-refractivity contribution in [2.24, 2.45) is 0 Å². The Hall–Kier alpha value is -1.12. The molecule has 2 nitrogen and oxygen atoms in total. The molecule has 0 aliphatic rings. The van der Waals surface area contributed by atoms with Crippen molar-refractivity contribution in [1.29, 1.82) is 0 Å². The van der Waals surface area contributed by atoms with Gasteiger partial charge in [0.1, 0.15) is 0 Å². The lowest BCUT2D eigenvalue weighted by atomic mass is 10.1. The van der Waals surface area contributed by atoms with Gasteiger partial charge in [0, 0.05) is 6.04 Å². The summed E-state index contributed by atoms with van der Waals surface area (Å²) in [5.74, 6) is 0. The van der Waals surface area contributed by atoms with Crippen molar-refractivity contribution in [2.75, 3.05) is 0 Å². The second-order valence-corrected chi connectivity index (χ2v) is 3.42. The van der Waals surface area contributed by atoms with E-state index in [1.54, 1.807) is 0 Å². The first kappa shape index (κ1) is 11.0. The molecule has 0 fully saturated rings. The number of nitrogens with one attached hydrogen (secondary N) is 1. The highest BCUT2D eigenvalue weighted by molar-refractivity contribution is 5.48.